The van der Waals surface area contributed by atoms with Gasteiger partial charge in [-0.3, -0.25) is 4.90 Å². The van der Waals surface area contributed by atoms with Crippen LogP contribution in [-0.4, -0.2) is 49.8 Å². The second-order valence-corrected chi connectivity index (χ2v) is 6.90. The summed E-state index contributed by atoms with van der Waals surface area (Å²) in [4.78, 5) is 2.69. The number of hydrogen-bond donors (Lipinski definition) is 1. The Kier molecular flexibility index (Phi) is 5.05. The Bertz CT molecular complexity index is 243. The van der Waals surface area contributed by atoms with Crippen LogP contribution in [0.5, 0.6) is 0 Å². The minimum atomic E-state index is 0.372. The van der Waals surface area contributed by atoms with Gasteiger partial charge in [0.25, 0.3) is 0 Å². The lowest BCUT2D eigenvalue weighted by Gasteiger charge is -2.43. The second kappa shape index (κ2) is 6.36. The van der Waals surface area contributed by atoms with Gasteiger partial charge in [0, 0.05) is 32.3 Å². The van der Waals surface area contributed by atoms with Crippen molar-refractivity contribution in [3.8, 4) is 0 Å². The first-order valence-electron chi connectivity index (χ1n) is 7.64. The van der Waals surface area contributed by atoms with Crippen molar-refractivity contribution in [3.63, 3.8) is 0 Å². The van der Waals surface area contributed by atoms with Gasteiger partial charge in [-0.05, 0) is 37.6 Å². The van der Waals surface area contributed by atoms with Crippen LogP contribution in [0.1, 0.15) is 46.5 Å². The van der Waals surface area contributed by atoms with Gasteiger partial charge in [-0.1, -0.05) is 20.8 Å². The zero-order valence-electron chi connectivity index (χ0n) is 12.4. The zero-order valence-corrected chi connectivity index (χ0v) is 12.4. The molecule has 2 aliphatic rings. The van der Waals surface area contributed by atoms with E-state index in [0.717, 1.165) is 19.7 Å². The first-order chi connectivity index (χ1) is 8.57. The molecular weight excluding hydrogens is 224 g/mol. The standard InChI is InChI=1S/C15H30N2O/c1-15(2,3)14-12-16-8-10-17(14)9-4-6-13-7-5-11-18-13/h13-14,16H,4-12H2,1-3H3. The minimum absolute atomic E-state index is 0.372. The Labute approximate surface area is 112 Å². The molecule has 3 nitrogen and oxygen atoms in total. The molecule has 18 heavy (non-hydrogen) atoms. The fourth-order valence-electron chi connectivity index (χ4n) is 3.26. The summed E-state index contributed by atoms with van der Waals surface area (Å²) in [7, 11) is 0. The first kappa shape index (κ1) is 14.3. The monoisotopic (exact) mass is 254 g/mol. The molecule has 2 aliphatic heterocycles. The van der Waals surface area contributed by atoms with Crippen LogP contribution in [0.3, 0.4) is 0 Å². The van der Waals surface area contributed by atoms with E-state index in [1.165, 1.54) is 38.8 Å². The van der Waals surface area contributed by atoms with Gasteiger partial charge in [0.05, 0.1) is 6.10 Å². The first-order valence-corrected chi connectivity index (χ1v) is 7.64. The molecule has 2 fully saturated rings. The van der Waals surface area contributed by atoms with Crippen LogP contribution < -0.4 is 5.32 Å². The molecule has 2 rings (SSSR count). The van der Waals surface area contributed by atoms with Crippen molar-refractivity contribution in [2.45, 2.75) is 58.6 Å². The van der Waals surface area contributed by atoms with E-state index in [4.69, 9.17) is 4.74 Å². The summed E-state index contributed by atoms with van der Waals surface area (Å²) in [6, 6.07) is 0.677. The van der Waals surface area contributed by atoms with E-state index in [0.29, 0.717) is 17.6 Å². The average Bonchev–Trinajstić information content (AvgIpc) is 2.81. The SMILES string of the molecule is CC(C)(C)C1CNCCN1CCCC1CCCO1. The maximum Gasteiger partial charge on any atom is 0.0576 e. The van der Waals surface area contributed by atoms with Gasteiger partial charge in [0.15, 0.2) is 0 Å². The molecule has 1 N–H and O–H groups in total. The molecule has 0 aromatic rings. The van der Waals surface area contributed by atoms with E-state index in [-0.39, 0.29) is 0 Å². The topological polar surface area (TPSA) is 24.5 Å². The van der Waals surface area contributed by atoms with Crippen molar-refractivity contribution in [3.05, 3.63) is 0 Å². The van der Waals surface area contributed by atoms with Gasteiger partial charge < -0.3 is 10.1 Å². The highest BCUT2D eigenvalue weighted by Crippen LogP contribution is 2.26. The van der Waals surface area contributed by atoms with Crippen molar-refractivity contribution >= 4 is 0 Å². The summed E-state index contributed by atoms with van der Waals surface area (Å²) in [6.07, 6.45) is 5.64. The lowest BCUT2D eigenvalue weighted by Crippen LogP contribution is -2.56. The van der Waals surface area contributed by atoms with Crippen molar-refractivity contribution < 1.29 is 4.74 Å². The van der Waals surface area contributed by atoms with E-state index in [1.807, 2.05) is 0 Å². The Hall–Kier alpha value is -0.120. The fraction of sp³-hybridized carbons (Fsp3) is 1.00. The molecule has 2 saturated heterocycles. The van der Waals surface area contributed by atoms with E-state index >= 15 is 0 Å². The molecule has 106 valence electrons. The molecule has 0 amide bonds. The van der Waals surface area contributed by atoms with Crippen LogP contribution in [0.25, 0.3) is 0 Å². The lowest BCUT2D eigenvalue weighted by molar-refractivity contribution is 0.0628. The van der Waals surface area contributed by atoms with Crippen molar-refractivity contribution in [2.24, 2.45) is 5.41 Å². The number of rotatable bonds is 4. The van der Waals surface area contributed by atoms with Crippen LogP contribution in [0.2, 0.25) is 0 Å². The van der Waals surface area contributed by atoms with Gasteiger partial charge in [-0.2, -0.15) is 0 Å². The van der Waals surface area contributed by atoms with E-state index in [1.54, 1.807) is 0 Å². The maximum absolute atomic E-state index is 5.71. The normalized spacial score (nSPS) is 30.8. The predicted molar refractivity (Wildman–Crippen MR) is 75.9 cm³/mol. The number of hydrogen-bond acceptors (Lipinski definition) is 3. The third-order valence-electron chi connectivity index (χ3n) is 4.35. The van der Waals surface area contributed by atoms with Crippen LogP contribution in [0.15, 0.2) is 0 Å². The molecule has 2 atom stereocenters. The molecule has 0 aliphatic carbocycles. The maximum atomic E-state index is 5.71. The molecule has 0 radical (unpaired) electrons. The summed E-state index contributed by atoms with van der Waals surface area (Å²) in [5.41, 5.74) is 0.372. The van der Waals surface area contributed by atoms with Gasteiger partial charge in [0.2, 0.25) is 0 Å². The Morgan fingerprint density at radius 1 is 1.33 bits per heavy atom. The second-order valence-electron chi connectivity index (χ2n) is 6.90. The van der Waals surface area contributed by atoms with Crippen molar-refractivity contribution in [2.75, 3.05) is 32.8 Å². The van der Waals surface area contributed by atoms with Crippen molar-refractivity contribution in [1.29, 1.82) is 0 Å². The zero-order chi connectivity index (χ0) is 13.0. The number of ether oxygens (including phenoxy) is 1. The lowest BCUT2D eigenvalue weighted by atomic mass is 9.84. The highest BCUT2D eigenvalue weighted by molar-refractivity contribution is 4.88. The van der Waals surface area contributed by atoms with Crippen LogP contribution in [0.4, 0.5) is 0 Å². The third kappa shape index (κ3) is 3.94. The van der Waals surface area contributed by atoms with Crippen LogP contribution in [0, 0.1) is 5.41 Å². The van der Waals surface area contributed by atoms with Gasteiger partial charge in [0.1, 0.15) is 0 Å². The van der Waals surface area contributed by atoms with Gasteiger partial charge in [-0.15, -0.1) is 0 Å². The Balaban J connectivity index is 1.75. The molecule has 2 unspecified atom stereocenters. The Morgan fingerprint density at radius 2 is 2.17 bits per heavy atom. The molecule has 0 spiro atoms. The highest BCUT2D eigenvalue weighted by Gasteiger charge is 2.31. The quantitative estimate of drug-likeness (QED) is 0.833. The summed E-state index contributed by atoms with van der Waals surface area (Å²) in [5, 5.41) is 3.54. The molecule has 3 heteroatoms. The average molecular weight is 254 g/mol. The predicted octanol–water partition coefficient (Wildman–Crippen LogP) is 2.27. The van der Waals surface area contributed by atoms with E-state index in [2.05, 4.69) is 31.0 Å². The molecule has 0 aromatic carbocycles. The number of nitrogens with one attached hydrogen (secondary N) is 1. The third-order valence-corrected chi connectivity index (χ3v) is 4.35. The summed E-state index contributed by atoms with van der Waals surface area (Å²) in [6.45, 7) is 12.8. The minimum Gasteiger partial charge on any atom is -0.378 e. The fourth-order valence-corrected chi connectivity index (χ4v) is 3.26. The highest BCUT2D eigenvalue weighted by atomic mass is 16.5. The molecule has 0 aromatic heterocycles. The largest absolute Gasteiger partial charge is 0.378 e. The molecular formula is C15H30N2O. The smallest absolute Gasteiger partial charge is 0.0576 e. The van der Waals surface area contributed by atoms with Crippen LogP contribution >= 0.6 is 0 Å². The number of piperazine rings is 1. The van der Waals surface area contributed by atoms with Gasteiger partial charge in [-0.25, -0.2) is 0 Å². The van der Waals surface area contributed by atoms with Crippen molar-refractivity contribution in [1.82, 2.24) is 10.2 Å². The number of nitrogens with zero attached hydrogens (tertiary/aromatic N) is 1. The van der Waals surface area contributed by atoms with E-state index in [9.17, 15) is 0 Å². The molecule has 0 bridgehead atoms. The van der Waals surface area contributed by atoms with E-state index < -0.39 is 0 Å². The summed E-state index contributed by atoms with van der Waals surface area (Å²) < 4.78 is 5.71. The summed E-state index contributed by atoms with van der Waals surface area (Å²) >= 11 is 0. The molecule has 2 heterocycles. The van der Waals surface area contributed by atoms with Crippen LogP contribution in [-0.2, 0) is 4.74 Å². The van der Waals surface area contributed by atoms with Gasteiger partial charge >= 0.3 is 0 Å². The summed E-state index contributed by atoms with van der Waals surface area (Å²) in [5.74, 6) is 0. The Morgan fingerprint density at radius 3 is 2.83 bits per heavy atom. The molecule has 0 saturated carbocycles.